The van der Waals surface area contributed by atoms with Gasteiger partial charge in [-0.15, -0.1) is 0 Å². The number of aliphatic hydroxyl groups is 1. The second-order valence-electron chi connectivity index (χ2n) is 5.36. The van der Waals surface area contributed by atoms with Gasteiger partial charge < -0.3 is 9.67 Å². The number of benzene rings is 1. The standard InChI is InChI=1S/C15H15F3N2O/c16-15(17,18)11-3-1-10(2-4-11)7-12-8-20-9-13(21)5-6-14(20)19-12/h1-4,8,13,21H,5-7,9H2. The number of rotatable bonds is 2. The lowest BCUT2D eigenvalue weighted by molar-refractivity contribution is -0.137. The Hall–Kier alpha value is -1.82. The van der Waals surface area contributed by atoms with Crippen LogP contribution in [0.15, 0.2) is 30.5 Å². The summed E-state index contributed by atoms with van der Waals surface area (Å²) >= 11 is 0. The lowest BCUT2D eigenvalue weighted by Crippen LogP contribution is -2.23. The minimum absolute atomic E-state index is 0.342. The third kappa shape index (κ3) is 3.10. The lowest BCUT2D eigenvalue weighted by atomic mass is 10.1. The van der Waals surface area contributed by atoms with Gasteiger partial charge in [-0.3, -0.25) is 0 Å². The molecule has 0 aliphatic carbocycles. The molecule has 21 heavy (non-hydrogen) atoms. The van der Waals surface area contributed by atoms with Crippen molar-refractivity contribution in [1.29, 1.82) is 0 Å². The quantitative estimate of drug-likeness (QED) is 0.925. The maximum absolute atomic E-state index is 12.5. The van der Waals surface area contributed by atoms with Crippen molar-refractivity contribution in [2.24, 2.45) is 0 Å². The van der Waals surface area contributed by atoms with Crippen molar-refractivity contribution in [2.45, 2.75) is 38.1 Å². The molecule has 1 aliphatic rings. The number of nitrogens with zero attached hydrogens (tertiary/aromatic N) is 2. The van der Waals surface area contributed by atoms with E-state index in [0.29, 0.717) is 19.4 Å². The van der Waals surface area contributed by atoms with E-state index in [2.05, 4.69) is 4.98 Å². The van der Waals surface area contributed by atoms with Gasteiger partial charge in [0.05, 0.1) is 17.4 Å². The van der Waals surface area contributed by atoms with E-state index in [0.717, 1.165) is 35.6 Å². The van der Waals surface area contributed by atoms with Gasteiger partial charge >= 0.3 is 6.18 Å². The van der Waals surface area contributed by atoms with Gasteiger partial charge in [0.1, 0.15) is 5.82 Å². The number of aromatic nitrogens is 2. The molecule has 3 nitrogen and oxygen atoms in total. The average molecular weight is 296 g/mol. The summed E-state index contributed by atoms with van der Waals surface area (Å²) in [6, 6.07) is 5.15. The third-order valence-electron chi connectivity index (χ3n) is 3.68. The topological polar surface area (TPSA) is 38.1 Å². The molecule has 1 atom stereocenters. The Morgan fingerprint density at radius 3 is 2.62 bits per heavy atom. The second-order valence-corrected chi connectivity index (χ2v) is 5.36. The molecule has 112 valence electrons. The lowest BCUT2D eigenvalue weighted by Gasteiger charge is -2.18. The van der Waals surface area contributed by atoms with Gasteiger partial charge in [0.15, 0.2) is 0 Å². The van der Waals surface area contributed by atoms with Gasteiger partial charge in [-0.1, -0.05) is 12.1 Å². The van der Waals surface area contributed by atoms with Crippen LogP contribution in [-0.4, -0.2) is 20.8 Å². The Bertz CT molecular complexity index is 631. The molecule has 0 radical (unpaired) electrons. The number of halogens is 3. The molecule has 1 unspecified atom stereocenters. The van der Waals surface area contributed by atoms with E-state index in [9.17, 15) is 18.3 Å². The van der Waals surface area contributed by atoms with Gasteiger partial charge in [-0.25, -0.2) is 4.98 Å². The van der Waals surface area contributed by atoms with Crippen LogP contribution in [0.5, 0.6) is 0 Å². The number of alkyl halides is 3. The smallest absolute Gasteiger partial charge is 0.391 e. The zero-order valence-electron chi connectivity index (χ0n) is 11.3. The van der Waals surface area contributed by atoms with Crippen LogP contribution in [0, 0.1) is 0 Å². The molecule has 1 N–H and O–H groups in total. The van der Waals surface area contributed by atoms with Gasteiger partial charge in [-0.2, -0.15) is 13.2 Å². The van der Waals surface area contributed by atoms with Gasteiger partial charge in [-0.05, 0) is 24.1 Å². The summed E-state index contributed by atoms with van der Waals surface area (Å²) < 4.78 is 39.4. The Labute approximate surface area is 120 Å². The van der Waals surface area contributed by atoms with Crippen molar-refractivity contribution in [3.8, 4) is 0 Å². The molecule has 6 heteroatoms. The van der Waals surface area contributed by atoms with Crippen LogP contribution in [0.4, 0.5) is 13.2 Å². The van der Waals surface area contributed by atoms with Crippen molar-refractivity contribution < 1.29 is 18.3 Å². The summed E-state index contributed by atoms with van der Waals surface area (Å²) in [5.41, 5.74) is 0.969. The Morgan fingerprint density at radius 2 is 1.95 bits per heavy atom. The first kappa shape index (κ1) is 14.1. The molecule has 1 aromatic heterocycles. The number of aliphatic hydroxyl groups excluding tert-OH is 1. The van der Waals surface area contributed by atoms with Gasteiger partial charge in [0.25, 0.3) is 0 Å². The molecule has 0 spiro atoms. The first-order valence-corrected chi connectivity index (χ1v) is 6.81. The number of fused-ring (bicyclic) bond motifs is 1. The van der Waals surface area contributed by atoms with Crippen LogP contribution in [0.2, 0.25) is 0 Å². The molecule has 0 fully saturated rings. The van der Waals surface area contributed by atoms with Gasteiger partial charge in [0.2, 0.25) is 0 Å². The van der Waals surface area contributed by atoms with Crippen LogP contribution < -0.4 is 0 Å². The predicted octanol–water partition coefficient (Wildman–Crippen LogP) is 2.80. The number of imidazole rings is 1. The van der Waals surface area contributed by atoms with Crippen molar-refractivity contribution >= 4 is 0 Å². The Kier molecular flexibility index (Phi) is 3.49. The van der Waals surface area contributed by atoms with Crippen LogP contribution >= 0.6 is 0 Å². The summed E-state index contributed by atoms with van der Waals surface area (Å²) in [4.78, 5) is 4.48. The maximum atomic E-state index is 12.5. The number of hydrogen-bond acceptors (Lipinski definition) is 2. The van der Waals surface area contributed by atoms with Crippen molar-refractivity contribution in [1.82, 2.24) is 9.55 Å². The first-order chi connectivity index (χ1) is 9.91. The van der Waals surface area contributed by atoms with E-state index < -0.39 is 11.7 Å². The molecule has 2 aromatic rings. The summed E-state index contributed by atoms with van der Waals surface area (Å²) in [6.07, 6.45) is -0.845. The van der Waals surface area contributed by atoms with Gasteiger partial charge in [0, 0.05) is 25.6 Å². The van der Waals surface area contributed by atoms with Crippen molar-refractivity contribution in [3.63, 3.8) is 0 Å². The molecule has 2 heterocycles. The highest BCUT2D eigenvalue weighted by Gasteiger charge is 2.29. The molecular weight excluding hydrogens is 281 g/mol. The molecule has 1 aromatic carbocycles. The number of aryl methyl sites for hydroxylation is 1. The summed E-state index contributed by atoms with van der Waals surface area (Å²) in [5, 5.41) is 9.61. The van der Waals surface area contributed by atoms with E-state index in [1.54, 1.807) is 0 Å². The van der Waals surface area contributed by atoms with E-state index >= 15 is 0 Å². The zero-order valence-corrected chi connectivity index (χ0v) is 11.3. The van der Waals surface area contributed by atoms with Crippen LogP contribution in [0.25, 0.3) is 0 Å². The fourth-order valence-electron chi connectivity index (χ4n) is 2.59. The Morgan fingerprint density at radius 1 is 1.24 bits per heavy atom. The molecule has 0 saturated carbocycles. The second kappa shape index (κ2) is 5.18. The summed E-state index contributed by atoms with van der Waals surface area (Å²) in [7, 11) is 0. The first-order valence-electron chi connectivity index (χ1n) is 6.81. The van der Waals surface area contributed by atoms with E-state index in [-0.39, 0.29) is 6.10 Å². The normalized spacial score (nSPS) is 18.6. The van der Waals surface area contributed by atoms with Crippen LogP contribution in [-0.2, 0) is 25.6 Å². The van der Waals surface area contributed by atoms with E-state index in [1.807, 2.05) is 10.8 Å². The number of hydrogen-bond donors (Lipinski definition) is 1. The van der Waals surface area contributed by atoms with Crippen LogP contribution in [0.3, 0.4) is 0 Å². The van der Waals surface area contributed by atoms with Crippen molar-refractivity contribution in [3.05, 3.63) is 53.1 Å². The molecule has 0 bridgehead atoms. The third-order valence-corrected chi connectivity index (χ3v) is 3.68. The minimum Gasteiger partial charge on any atom is -0.391 e. The highest BCUT2D eigenvalue weighted by atomic mass is 19.4. The SMILES string of the molecule is OC1CCc2nc(Cc3ccc(C(F)(F)F)cc3)cn2C1. The zero-order chi connectivity index (χ0) is 15.0. The highest BCUT2D eigenvalue weighted by molar-refractivity contribution is 5.27. The predicted molar refractivity (Wildman–Crippen MR) is 70.8 cm³/mol. The largest absolute Gasteiger partial charge is 0.416 e. The van der Waals surface area contributed by atoms with E-state index in [4.69, 9.17) is 0 Å². The van der Waals surface area contributed by atoms with Crippen molar-refractivity contribution in [2.75, 3.05) is 0 Å². The van der Waals surface area contributed by atoms with E-state index in [1.165, 1.54) is 12.1 Å². The fraction of sp³-hybridized carbons (Fsp3) is 0.400. The Balaban J connectivity index is 1.75. The minimum atomic E-state index is -4.30. The monoisotopic (exact) mass is 296 g/mol. The maximum Gasteiger partial charge on any atom is 0.416 e. The molecule has 3 rings (SSSR count). The summed E-state index contributed by atoms with van der Waals surface area (Å²) in [5.74, 6) is 0.933. The molecule has 1 aliphatic heterocycles. The molecular formula is C15H15F3N2O. The summed E-state index contributed by atoms with van der Waals surface area (Å²) in [6.45, 7) is 0.537. The van der Waals surface area contributed by atoms with Crippen LogP contribution in [0.1, 0.15) is 29.1 Å². The average Bonchev–Trinajstić information content (AvgIpc) is 2.79. The highest BCUT2D eigenvalue weighted by Crippen LogP contribution is 2.29. The fourth-order valence-corrected chi connectivity index (χ4v) is 2.59. The molecule has 0 amide bonds. The molecule has 0 saturated heterocycles.